The lowest BCUT2D eigenvalue weighted by Gasteiger charge is -2.28. The van der Waals surface area contributed by atoms with Gasteiger partial charge in [-0.25, -0.2) is 0 Å². The van der Waals surface area contributed by atoms with Gasteiger partial charge in [-0.15, -0.1) is 0 Å². The number of anilines is 1. The first-order valence-electron chi connectivity index (χ1n) is 9.44. The van der Waals surface area contributed by atoms with E-state index in [4.69, 9.17) is 0 Å². The van der Waals surface area contributed by atoms with E-state index in [9.17, 15) is 4.79 Å². The molecule has 0 aliphatic carbocycles. The van der Waals surface area contributed by atoms with Gasteiger partial charge in [-0.1, -0.05) is 32.9 Å². The lowest BCUT2D eigenvalue weighted by molar-refractivity contribution is -0.117. The summed E-state index contributed by atoms with van der Waals surface area (Å²) in [5.41, 5.74) is 2.17. The number of carbonyl (C=O) groups is 1. The van der Waals surface area contributed by atoms with Gasteiger partial charge in [0.05, 0.1) is 0 Å². The number of piperidine rings is 1. The predicted octanol–water partition coefficient (Wildman–Crippen LogP) is 3.49. The topological polar surface area (TPSA) is 44.4 Å². The van der Waals surface area contributed by atoms with E-state index in [0.29, 0.717) is 18.3 Å². The molecule has 1 amide bonds. The lowest BCUT2D eigenvalue weighted by atomic mass is 9.85. The van der Waals surface area contributed by atoms with Gasteiger partial charge in [-0.3, -0.25) is 9.69 Å². The molecule has 24 heavy (non-hydrogen) atoms. The number of carbonyl (C=O) groups excluding carboxylic acids is 1. The molecule has 0 aromatic heterocycles. The van der Waals surface area contributed by atoms with E-state index in [1.54, 1.807) is 0 Å². The minimum absolute atomic E-state index is 0.132. The Hall–Kier alpha value is -1.39. The molecule has 4 heteroatoms. The zero-order chi connectivity index (χ0) is 17.4. The molecule has 0 bridgehead atoms. The molecule has 2 N–H and O–H groups in total. The maximum absolute atomic E-state index is 12.4. The van der Waals surface area contributed by atoms with E-state index in [-0.39, 0.29) is 5.91 Å². The highest BCUT2D eigenvalue weighted by molar-refractivity contribution is 5.90. The van der Waals surface area contributed by atoms with E-state index in [1.807, 2.05) is 12.1 Å². The van der Waals surface area contributed by atoms with Crippen LogP contribution >= 0.6 is 0 Å². The van der Waals surface area contributed by atoms with Gasteiger partial charge in [0.2, 0.25) is 5.91 Å². The molecule has 1 heterocycles. The Morgan fingerprint density at radius 3 is 2.83 bits per heavy atom. The summed E-state index contributed by atoms with van der Waals surface area (Å²) in [6, 6.07) is 8.24. The van der Waals surface area contributed by atoms with Gasteiger partial charge in [0.1, 0.15) is 0 Å². The van der Waals surface area contributed by atoms with E-state index in [1.165, 1.54) is 18.4 Å². The van der Waals surface area contributed by atoms with Gasteiger partial charge < -0.3 is 10.6 Å². The van der Waals surface area contributed by atoms with Gasteiger partial charge in [-0.2, -0.15) is 0 Å². The van der Waals surface area contributed by atoms with Crippen molar-refractivity contribution in [2.75, 3.05) is 31.5 Å². The first-order valence-corrected chi connectivity index (χ1v) is 9.44. The number of hydrogen-bond donors (Lipinski definition) is 2. The van der Waals surface area contributed by atoms with Crippen LogP contribution in [0.5, 0.6) is 0 Å². The standard InChI is InChI=1S/C20H33N3O/c1-4-23(5-2)15-17-8-6-10-19(13-17)22-20(24)12-16(3)18-9-7-11-21-14-18/h6,8,10,13,16,18,21H,4-5,7,9,11-12,14-15H2,1-3H3,(H,22,24). The normalized spacial score (nSPS) is 19.2. The summed E-state index contributed by atoms with van der Waals surface area (Å²) in [5.74, 6) is 1.18. The molecule has 1 saturated heterocycles. The summed E-state index contributed by atoms with van der Waals surface area (Å²) in [7, 11) is 0. The van der Waals surface area contributed by atoms with Gasteiger partial charge in [0.25, 0.3) is 0 Å². The van der Waals surface area contributed by atoms with Crippen LogP contribution in [0.2, 0.25) is 0 Å². The van der Waals surface area contributed by atoms with Crippen LogP contribution < -0.4 is 10.6 Å². The Bertz CT molecular complexity index is 507. The smallest absolute Gasteiger partial charge is 0.224 e. The highest BCUT2D eigenvalue weighted by Crippen LogP contribution is 2.23. The van der Waals surface area contributed by atoms with E-state index >= 15 is 0 Å². The lowest BCUT2D eigenvalue weighted by Crippen LogP contribution is -2.34. The fraction of sp³-hybridized carbons (Fsp3) is 0.650. The molecule has 1 aromatic rings. The summed E-state index contributed by atoms with van der Waals surface area (Å²) in [4.78, 5) is 14.7. The molecule has 1 aliphatic heterocycles. The van der Waals surface area contributed by atoms with Crippen LogP contribution in [0.15, 0.2) is 24.3 Å². The number of benzene rings is 1. The van der Waals surface area contributed by atoms with Crippen LogP contribution in [0.3, 0.4) is 0 Å². The molecular weight excluding hydrogens is 298 g/mol. The minimum Gasteiger partial charge on any atom is -0.326 e. The van der Waals surface area contributed by atoms with Crippen molar-refractivity contribution in [2.45, 2.75) is 46.6 Å². The summed E-state index contributed by atoms with van der Waals surface area (Å²) in [6.45, 7) is 11.7. The quantitative estimate of drug-likeness (QED) is 0.766. The van der Waals surface area contributed by atoms with Crippen LogP contribution in [-0.2, 0) is 11.3 Å². The molecular formula is C20H33N3O. The Morgan fingerprint density at radius 2 is 2.17 bits per heavy atom. The Morgan fingerprint density at radius 1 is 1.38 bits per heavy atom. The molecule has 0 radical (unpaired) electrons. The summed E-state index contributed by atoms with van der Waals surface area (Å²) in [5, 5.41) is 6.52. The predicted molar refractivity (Wildman–Crippen MR) is 101 cm³/mol. The number of hydrogen-bond acceptors (Lipinski definition) is 3. The SMILES string of the molecule is CCN(CC)Cc1cccc(NC(=O)CC(C)C2CCCNC2)c1. The fourth-order valence-electron chi connectivity index (χ4n) is 3.49. The number of amides is 1. The summed E-state index contributed by atoms with van der Waals surface area (Å²) >= 11 is 0. The molecule has 1 aromatic carbocycles. The van der Waals surface area contributed by atoms with Gasteiger partial charge in [0.15, 0.2) is 0 Å². The minimum atomic E-state index is 0.132. The van der Waals surface area contributed by atoms with E-state index in [2.05, 4.69) is 48.4 Å². The maximum Gasteiger partial charge on any atom is 0.224 e. The monoisotopic (exact) mass is 331 g/mol. The third kappa shape index (κ3) is 5.91. The number of nitrogens with one attached hydrogen (secondary N) is 2. The molecule has 4 nitrogen and oxygen atoms in total. The Kier molecular flexibility index (Phi) is 7.73. The molecule has 0 saturated carbocycles. The third-order valence-corrected chi connectivity index (χ3v) is 5.16. The van der Waals surface area contributed by atoms with Gasteiger partial charge in [-0.05, 0) is 68.6 Å². The molecule has 134 valence electrons. The van der Waals surface area contributed by atoms with Crippen LogP contribution in [0.4, 0.5) is 5.69 Å². The second-order valence-corrected chi connectivity index (χ2v) is 7.00. The van der Waals surface area contributed by atoms with Crippen molar-refractivity contribution in [3.63, 3.8) is 0 Å². The molecule has 1 aliphatic rings. The molecule has 0 spiro atoms. The van der Waals surface area contributed by atoms with Crippen LogP contribution in [0.1, 0.15) is 45.6 Å². The number of nitrogens with zero attached hydrogens (tertiary/aromatic N) is 1. The highest BCUT2D eigenvalue weighted by atomic mass is 16.1. The van der Waals surface area contributed by atoms with Crippen molar-refractivity contribution in [1.82, 2.24) is 10.2 Å². The van der Waals surface area contributed by atoms with Gasteiger partial charge in [0, 0.05) is 18.7 Å². The first kappa shape index (κ1) is 18.9. The molecule has 2 rings (SSSR count). The Balaban J connectivity index is 1.86. The number of rotatable bonds is 8. The third-order valence-electron chi connectivity index (χ3n) is 5.16. The van der Waals surface area contributed by atoms with Crippen LogP contribution in [-0.4, -0.2) is 37.0 Å². The van der Waals surface area contributed by atoms with Gasteiger partial charge >= 0.3 is 0 Å². The van der Waals surface area contributed by atoms with E-state index in [0.717, 1.165) is 38.4 Å². The summed E-state index contributed by atoms with van der Waals surface area (Å²) in [6.07, 6.45) is 3.07. The largest absolute Gasteiger partial charge is 0.326 e. The van der Waals surface area contributed by atoms with Crippen molar-refractivity contribution in [3.8, 4) is 0 Å². The van der Waals surface area contributed by atoms with Crippen molar-refractivity contribution < 1.29 is 4.79 Å². The average molecular weight is 332 g/mol. The van der Waals surface area contributed by atoms with Crippen LogP contribution in [0.25, 0.3) is 0 Å². The van der Waals surface area contributed by atoms with E-state index < -0.39 is 0 Å². The van der Waals surface area contributed by atoms with Crippen molar-refractivity contribution in [1.29, 1.82) is 0 Å². The molecule has 2 unspecified atom stereocenters. The molecule has 2 atom stereocenters. The average Bonchev–Trinajstić information content (AvgIpc) is 2.60. The Labute approximate surface area is 147 Å². The molecule has 1 fully saturated rings. The summed E-state index contributed by atoms with van der Waals surface area (Å²) < 4.78 is 0. The maximum atomic E-state index is 12.4. The fourth-order valence-corrected chi connectivity index (χ4v) is 3.49. The zero-order valence-electron chi connectivity index (χ0n) is 15.5. The van der Waals surface area contributed by atoms with Crippen molar-refractivity contribution in [3.05, 3.63) is 29.8 Å². The highest BCUT2D eigenvalue weighted by Gasteiger charge is 2.22. The second kappa shape index (κ2) is 9.80. The van der Waals surface area contributed by atoms with Crippen molar-refractivity contribution in [2.24, 2.45) is 11.8 Å². The van der Waals surface area contributed by atoms with Crippen molar-refractivity contribution >= 4 is 11.6 Å². The zero-order valence-corrected chi connectivity index (χ0v) is 15.5. The second-order valence-electron chi connectivity index (χ2n) is 7.00. The first-order chi connectivity index (χ1) is 11.6. The van der Waals surface area contributed by atoms with Crippen LogP contribution in [0, 0.1) is 11.8 Å².